The SMILES string of the molecule is O=C(Cc1ccccc1)[C@H](OCc1ccccc1)[C@@H](O)[C@H](OCc1ccccc1)[C@H](O)COCc1ccccc1.O=C(Cc1ccccc1)[C@H](OCc1ccccc1)[C@@H](OCc1ccccc1)[C@H](O)[C@H](O)COCc1ccccc1. The molecule has 0 spiro atoms. The second-order valence-corrected chi connectivity index (χ2v) is 19.3. The minimum absolute atomic E-state index is 0.0728. The Bertz CT molecular complexity index is 2910. The van der Waals surface area contributed by atoms with Crippen LogP contribution < -0.4 is 0 Å². The minimum Gasteiger partial charge on any atom is -0.388 e. The van der Waals surface area contributed by atoms with E-state index in [4.69, 9.17) is 28.4 Å². The third kappa shape index (κ3) is 20.7. The van der Waals surface area contributed by atoms with Gasteiger partial charge in [-0.05, 0) is 44.5 Å². The first-order valence-electron chi connectivity index (χ1n) is 26.9. The van der Waals surface area contributed by atoms with Crippen LogP contribution in [0.1, 0.15) is 44.5 Å². The summed E-state index contributed by atoms with van der Waals surface area (Å²) in [7, 11) is 0. The molecular weight excluding hydrogens is 1010 g/mol. The molecule has 0 aliphatic rings. The van der Waals surface area contributed by atoms with Crippen molar-refractivity contribution in [1.29, 1.82) is 0 Å². The lowest BCUT2D eigenvalue weighted by atomic mass is 9.96. The molecule has 0 aliphatic heterocycles. The highest BCUT2D eigenvalue weighted by Gasteiger charge is 2.40. The van der Waals surface area contributed by atoms with Crippen molar-refractivity contribution in [2.45, 2.75) is 101 Å². The van der Waals surface area contributed by atoms with Gasteiger partial charge in [0.2, 0.25) is 0 Å². The Morgan fingerprint density at radius 3 is 0.900 bits per heavy atom. The molecule has 12 nitrogen and oxygen atoms in total. The first-order chi connectivity index (χ1) is 39.2. The molecule has 0 aliphatic carbocycles. The summed E-state index contributed by atoms with van der Waals surface area (Å²) in [6, 6.07) is 75.7. The molecule has 0 aromatic heterocycles. The molecule has 8 atom stereocenters. The molecule has 0 bridgehead atoms. The van der Waals surface area contributed by atoms with Crippen LogP contribution in [0.25, 0.3) is 0 Å². The Kier molecular flexibility index (Phi) is 25.6. The van der Waals surface area contributed by atoms with E-state index in [2.05, 4.69) is 0 Å². The third-order valence-corrected chi connectivity index (χ3v) is 13.0. The van der Waals surface area contributed by atoms with Crippen LogP contribution in [0.15, 0.2) is 243 Å². The molecule has 0 saturated carbocycles. The zero-order valence-corrected chi connectivity index (χ0v) is 44.8. The van der Waals surface area contributed by atoms with Crippen LogP contribution in [0.5, 0.6) is 0 Å². The lowest BCUT2D eigenvalue weighted by molar-refractivity contribution is -0.175. The number of ketones is 2. The van der Waals surface area contributed by atoms with Crippen LogP contribution in [0, 0.1) is 0 Å². The monoisotopic (exact) mass is 1080 g/mol. The van der Waals surface area contributed by atoms with E-state index in [1.54, 1.807) is 0 Å². The maximum atomic E-state index is 13.7. The molecule has 0 amide bonds. The number of hydrogen-bond donors (Lipinski definition) is 4. The maximum absolute atomic E-state index is 13.7. The highest BCUT2D eigenvalue weighted by molar-refractivity contribution is 5.86. The van der Waals surface area contributed by atoms with Gasteiger partial charge < -0.3 is 48.8 Å². The van der Waals surface area contributed by atoms with Gasteiger partial charge in [0.05, 0.1) is 52.9 Å². The van der Waals surface area contributed by atoms with Gasteiger partial charge in [-0.25, -0.2) is 0 Å². The summed E-state index contributed by atoms with van der Waals surface area (Å²) in [5.74, 6) is -0.558. The standard InChI is InChI=1S/2C34H36O6/c35-30(21-26-13-5-1-6-14-26)33(39-23-28-17-9-3-10-18-28)32(37)34(40-24-29-19-11-4-12-20-29)31(36)25-38-22-27-15-7-2-8-16-27;35-30(21-26-13-5-1-6-14-26)33(39-23-28-17-9-3-10-18-28)34(40-24-29-19-11-4-12-20-29)32(37)31(36)25-38-22-27-15-7-2-8-16-27/h2*1-20,31-34,36-37H,21-25H2/t31-,32-,33+,34-;31-,32-,33+,34+/m11/s1. The van der Waals surface area contributed by atoms with Crippen molar-refractivity contribution in [3.63, 3.8) is 0 Å². The largest absolute Gasteiger partial charge is 0.388 e. The average molecular weight is 1080 g/mol. The second-order valence-electron chi connectivity index (χ2n) is 19.3. The van der Waals surface area contributed by atoms with Crippen molar-refractivity contribution in [3.8, 4) is 0 Å². The summed E-state index contributed by atoms with van der Waals surface area (Å²) in [6.07, 6.45) is -9.90. The third-order valence-electron chi connectivity index (χ3n) is 13.0. The number of rotatable bonds is 32. The Hall–Kier alpha value is -7.30. The molecule has 12 heteroatoms. The number of hydrogen-bond acceptors (Lipinski definition) is 12. The van der Waals surface area contributed by atoms with Crippen LogP contribution in [0.3, 0.4) is 0 Å². The lowest BCUT2D eigenvalue weighted by Crippen LogP contribution is -2.51. The number of carbonyl (C=O) groups is 2. The van der Waals surface area contributed by atoms with Crippen LogP contribution in [0.2, 0.25) is 0 Å². The van der Waals surface area contributed by atoms with Crippen LogP contribution in [-0.2, 0) is 90.5 Å². The van der Waals surface area contributed by atoms with Crippen molar-refractivity contribution >= 4 is 11.6 Å². The zero-order valence-electron chi connectivity index (χ0n) is 44.8. The summed E-state index contributed by atoms with van der Waals surface area (Å²) in [5, 5.41) is 45.0. The van der Waals surface area contributed by atoms with Gasteiger partial charge in [-0.3, -0.25) is 9.59 Å². The molecule has 0 heterocycles. The zero-order chi connectivity index (χ0) is 56.0. The molecule has 8 aromatic carbocycles. The van der Waals surface area contributed by atoms with E-state index in [1.165, 1.54) is 0 Å². The predicted octanol–water partition coefficient (Wildman–Crippen LogP) is 9.82. The fraction of sp³-hybridized carbons (Fsp3) is 0.265. The first kappa shape index (κ1) is 60.3. The van der Waals surface area contributed by atoms with Gasteiger partial charge in [0, 0.05) is 12.8 Å². The van der Waals surface area contributed by atoms with Gasteiger partial charge >= 0.3 is 0 Å². The maximum Gasteiger partial charge on any atom is 0.168 e. The van der Waals surface area contributed by atoms with Crippen molar-refractivity contribution in [3.05, 3.63) is 287 Å². The fourth-order valence-corrected chi connectivity index (χ4v) is 8.73. The van der Waals surface area contributed by atoms with Crippen molar-refractivity contribution in [2.75, 3.05) is 13.2 Å². The molecule has 0 unspecified atom stereocenters. The highest BCUT2D eigenvalue weighted by atomic mass is 16.6. The van der Waals surface area contributed by atoms with Gasteiger partial charge in [0.1, 0.15) is 48.8 Å². The number of benzene rings is 8. The molecule has 80 heavy (non-hydrogen) atoms. The van der Waals surface area contributed by atoms with Gasteiger partial charge in [0.25, 0.3) is 0 Å². The van der Waals surface area contributed by atoms with E-state index < -0.39 is 48.8 Å². The highest BCUT2D eigenvalue weighted by Crippen LogP contribution is 2.22. The topological polar surface area (TPSA) is 170 Å². The van der Waals surface area contributed by atoms with Crippen LogP contribution in [0.4, 0.5) is 0 Å². The normalized spacial score (nSPS) is 14.2. The quantitative estimate of drug-likeness (QED) is 0.0315. The summed E-state index contributed by atoms with van der Waals surface area (Å²) in [6.45, 7) is 0.866. The van der Waals surface area contributed by atoms with Gasteiger partial charge in [0.15, 0.2) is 11.6 Å². The summed E-state index contributed by atoms with van der Waals surface area (Å²) in [5.41, 5.74) is 7.01. The smallest absolute Gasteiger partial charge is 0.168 e. The molecule has 416 valence electrons. The van der Waals surface area contributed by atoms with Crippen molar-refractivity contribution in [1.82, 2.24) is 0 Å². The number of ether oxygens (including phenoxy) is 6. The Morgan fingerprint density at radius 2 is 0.550 bits per heavy atom. The van der Waals surface area contributed by atoms with Crippen LogP contribution >= 0.6 is 0 Å². The van der Waals surface area contributed by atoms with Crippen molar-refractivity contribution < 1.29 is 58.4 Å². The van der Waals surface area contributed by atoms with E-state index in [1.807, 2.05) is 243 Å². The van der Waals surface area contributed by atoms with E-state index >= 15 is 0 Å². The van der Waals surface area contributed by atoms with Crippen LogP contribution in [-0.4, -0.2) is 94.0 Å². The Balaban J connectivity index is 0.000000231. The van der Waals surface area contributed by atoms with E-state index in [0.29, 0.717) is 6.61 Å². The number of carbonyl (C=O) groups excluding carboxylic acids is 2. The Labute approximate surface area is 469 Å². The molecular formula is C68H72O12. The molecule has 8 rings (SSSR count). The number of Topliss-reactive ketones (excluding diaryl/α,β-unsaturated/α-hetero) is 2. The summed E-state index contributed by atoms with van der Waals surface area (Å²) in [4.78, 5) is 27.2. The molecule has 0 radical (unpaired) electrons. The molecule has 8 aromatic rings. The van der Waals surface area contributed by atoms with E-state index in [-0.39, 0.29) is 70.7 Å². The van der Waals surface area contributed by atoms with E-state index in [9.17, 15) is 30.0 Å². The summed E-state index contributed by atoms with van der Waals surface area (Å²) < 4.78 is 35.9. The fourth-order valence-electron chi connectivity index (χ4n) is 8.73. The second kappa shape index (κ2) is 34.0. The van der Waals surface area contributed by atoms with Crippen molar-refractivity contribution in [2.24, 2.45) is 0 Å². The number of aliphatic hydroxyl groups excluding tert-OH is 4. The summed E-state index contributed by atoms with van der Waals surface area (Å²) >= 11 is 0. The first-order valence-corrected chi connectivity index (χ1v) is 26.9. The predicted molar refractivity (Wildman–Crippen MR) is 307 cm³/mol. The molecule has 0 fully saturated rings. The Morgan fingerprint density at radius 1 is 0.287 bits per heavy atom. The molecule has 4 N–H and O–H groups in total. The minimum atomic E-state index is -1.45. The average Bonchev–Trinajstić information content (AvgIpc) is 3.50. The lowest BCUT2D eigenvalue weighted by Gasteiger charge is -2.32. The molecule has 0 saturated heterocycles. The van der Waals surface area contributed by atoms with Gasteiger partial charge in [-0.1, -0.05) is 243 Å². The van der Waals surface area contributed by atoms with Gasteiger partial charge in [-0.15, -0.1) is 0 Å². The van der Waals surface area contributed by atoms with E-state index in [0.717, 1.165) is 44.5 Å². The van der Waals surface area contributed by atoms with Gasteiger partial charge in [-0.2, -0.15) is 0 Å². The number of aliphatic hydroxyl groups is 4.